The second kappa shape index (κ2) is 7.31. The lowest BCUT2D eigenvalue weighted by molar-refractivity contribution is 0.748. The Balaban J connectivity index is 2.15. The normalized spacial score (nSPS) is 22.0. The van der Waals surface area contributed by atoms with E-state index in [1.54, 1.807) is 0 Å². The monoisotopic (exact) mass is 315 g/mol. The molecule has 5 nitrogen and oxygen atoms in total. The van der Waals surface area contributed by atoms with Crippen molar-refractivity contribution in [3.8, 4) is 0 Å². The molecule has 0 amide bonds. The first-order chi connectivity index (χ1) is 9.67. The summed E-state index contributed by atoms with van der Waals surface area (Å²) in [4.78, 5) is 15.0. The second-order valence-electron chi connectivity index (χ2n) is 4.86. The summed E-state index contributed by atoms with van der Waals surface area (Å²) in [6.45, 7) is 5.87. The van der Waals surface area contributed by atoms with E-state index >= 15 is 0 Å². The molecule has 2 atom stereocenters. The fraction of sp³-hybridized carbons (Fsp3) is 0.769. The zero-order valence-electron chi connectivity index (χ0n) is 12.3. The van der Waals surface area contributed by atoms with E-state index in [-0.39, 0.29) is 5.28 Å². The number of nitrogens with zero attached hydrogens (tertiary/aromatic N) is 4. The molecule has 1 aromatic rings. The molecule has 2 unspecified atom stereocenters. The minimum atomic E-state index is 0.253. The molecule has 0 aliphatic heterocycles. The standard InChI is InChI=1S/C13H22ClN5S/c1-4-19(5-2)13-17-11(14)16-12(18-13)15-9-7-6-8-10(9)20-3/h9-10H,4-8H2,1-3H3,(H,15,16,17,18). The number of nitrogens with one attached hydrogen (secondary N) is 1. The number of hydrogen-bond donors (Lipinski definition) is 1. The summed E-state index contributed by atoms with van der Waals surface area (Å²) in [6, 6.07) is 0.424. The summed E-state index contributed by atoms with van der Waals surface area (Å²) in [6.07, 6.45) is 5.83. The fourth-order valence-corrected chi connectivity index (χ4v) is 3.68. The van der Waals surface area contributed by atoms with Crippen molar-refractivity contribution < 1.29 is 0 Å². The summed E-state index contributed by atoms with van der Waals surface area (Å²) in [7, 11) is 0. The van der Waals surface area contributed by atoms with E-state index < -0.39 is 0 Å². The zero-order valence-corrected chi connectivity index (χ0v) is 13.8. The van der Waals surface area contributed by atoms with Crippen LogP contribution in [0.15, 0.2) is 0 Å². The lowest BCUT2D eigenvalue weighted by atomic mass is 10.2. The molecule has 112 valence electrons. The fourth-order valence-electron chi connectivity index (χ4n) is 2.59. The van der Waals surface area contributed by atoms with Gasteiger partial charge in [-0.25, -0.2) is 0 Å². The van der Waals surface area contributed by atoms with Crippen molar-refractivity contribution in [1.29, 1.82) is 0 Å². The van der Waals surface area contributed by atoms with Crippen LogP contribution < -0.4 is 10.2 Å². The van der Waals surface area contributed by atoms with Gasteiger partial charge in [-0.05, 0) is 44.5 Å². The maximum Gasteiger partial charge on any atom is 0.231 e. The lowest BCUT2D eigenvalue weighted by Crippen LogP contribution is -2.29. The van der Waals surface area contributed by atoms with Crippen LogP contribution in [0.5, 0.6) is 0 Å². The van der Waals surface area contributed by atoms with Crippen LogP contribution in [-0.4, -0.2) is 45.6 Å². The van der Waals surface area contributed by atoms with Crippen molar-refractivity contribution in [2.45, 2.75) is 44.4 Å². The predicted molar refractivity (Wildman–Crippen MR) is 87.0 cm³/mol. The number of rotatable bonds is 6. The van der Waals surface area contributed by atoms with Gasteiger partial charge in [0.1, 0.15) is 0 Å². The summed E-state index contributed by atoms with van der Waals surface area (Å²) >= 11 is 7.94. The van der Waals surface area contributed by atoms with Gasteiger partial charge in [0.05, 0.1) is 0 Å². The van der Waals surface area contributed by atoms with Gasteiger partial charge in [-0.15, -0.1) is 0 Å². The maximum atomic E-state index is 6.03. The Hall–Kier alpha value is -0.750. The van der Waals surface area contributed by atoms with Crippen LogP contribution >= 0.6 is 23.4 Å². The third kappa shape index (κ3) is 3.67. The maximum absolute atomic E-state index is 6.03. The van der Waals surface area contributed by atoms with Crippen molar-refractivity contribution in [2.24, 2.45) is 0 Å². The minimum Gasteiger partial charge on any atom is -0.350 e. The first-order valence-electron chi connectivity index (χ1n) is 7.13. The van der Waals surface area contributed by atoms with Crippen LogP contribution in [0, 0.1) is 0 Å². The topological polar surface area (TPSA) is 53.9 Å². The van der Waals surface area contributed by atoms with Gasteiger partial charge < -0.3 is 10.2 Å². The summed E-state index contributed by atoms with van der Waals surface area (Å²) in [5, 5.41) is 4.31. The van der Waals surface area contributed by atoms with E-state index in [2.05, 4.69) is 45.3 Å². The molecule has 1 aromatic heterocycles. The Kier molecular flexibility index (Phi) is 5.72. The number of hydrogen-bond acceptors (Lipinski definition) is 6. The van der Waals surface area contributed by atoms with Crippen LogP contribution in [0.2, 0.25) is 5.28 Å². The summed E-state index contributed by atoms with van der Waals surface area (Å²) in [5.41, 5.74) is 0. The van der Waals surface area contributed by atoms with Crippen molar-refractivity contribution in [3.63, 3.8) is 0 Å². The Labute approximate surface area is 129 Å². The van der Waals surface area contributed by atoms with Crippen LogP contribution in [0.25, 0.3) is 0 Å². The van der Waals surface area contributed by atoms with Gasteiger partial charge >= 0.3 is 0 Å². The van der Waals surface area contributed by atoms with E-state index in [1.165, 1.54) is 12.8 Å². The largest absolute Gasteiger partial charge is 0.350 e. The molecule has 7 heteroatoms. The quantitative estimate of drug-likeness (QED) is 0.870. The molecule has 1 saturated carbocycles. The number of thioether (sulfide) groups is 1. The van der Waals surface area contributed by atoms with Crippen LogP contribution in [0.3, 0.4) is 0 Å². The van der Waals surface area contributed by atoms with Crippen LogP contribution in [-0.2, 0) is 0 Å². The molecule has 20 heavy (non-hydrogen) atoms. The Morgan fingerprint density at radius 1 is 1.25 bits per heavy atom. The molecule has 1 N–H and O–H groups in total. The number of aromatic nitrogens is 3. The molecular formula is C13H22ClN5S. The zero-order chi connectivity index (χ0) is 14.5. The molecule has 1 fully saturated rings. The highest BCUT2D eigenvalue weighted by molar-refractivity contribution is 7.99. The Morgan fingerprint density at radius 3 is 2.65 bits per heavy atom. The minimum absolute atomic E-state index is 0.253. The van der Waals surface area contributed by atoms with Crippen molar-refractivity contribution in [1.82, 2.24) is 15.0 Å². The average Bonchev–Trinajstić information content (AvgIpc) is 2.86. The van der Waals surface area contributed by atoms with Crippen LogP contribution in [0.4, 0.5) is 11.9 Å². The van der Waals surface area contributed by atoms with Gasteiger partial charge in [0.2, 0.25) is 17.2 Å². The number of halogens is 1. The molecule has 2 rings (SSSR count). The molecule has 1 aliphatic rings. The van der Waals surface area contributed by atoms with E-state index in [1.807, 2.05) is 11.8 Å². The van der Waals surface area contributed by atoms with E-state index in [0.29, 0.717) is 23.2 Å². The van der Waals surface area contributed by atoms with Gasteiger partial charge in [0.25, 0.3) is 0 Å². The second-order valence-corrected chi connectivity index (χ2v) is 6.27. The Morgan fingerprint density at radius 2 is 2.00 bits per heavy atom. The first kappa shape index (κ1) is 15.6. The van der Waals surface area contributed by atoms with Gasteiger partial charge in [-0.1, -0.05) is 6.42 Å². The molecule has 0 spiro atoms. The average molecular weight is 316 g/mol. The first-order valence-corrected chi connectivity index (χ1v) is 8.80. The SMILES string of the molecule is CCN(CC)c1nc(Cl)nc(NC2CCCC2SC)n1. The highest BCUT2D eigenvalue weighted by atomic mass is 35.5. The van der Waals surface area contributed by atoms with E-state index in [4.69, 9.17) is 11.6 Å². The van der Waals surface area contributed by atoms with Gasteiger partial charge in [-0.3, -0.25) is 0 Å². The van der Waals surface area contributed by atoms with Crippen molar-refractivity contribution in [2.75, 3.05) is 29.6 Å². The van der Waals surface area contributed by atoms with Gasteiger partial charge in [0.15, 0.2) is 0 Å². The number of anilines is 2. The third-order valence-electron chi connectivity index (χ3n) is 3.71. The summed E-state index contributed by atoms with van der Waals surface area (Å²) < 4.78 is 0. The highest BCUT2D eigenvalue weighted by Crippen LogP contribution is 2.30. The third-order valence-corrected chi connectivity index (χ3v) is 5.05. The molecular weight excluding hydrogens is 294 g/mol. The molecule has 0 aromatic carbocycles. The summed E-state index contributed by atoms with van der Waals surface area (Å²) in [5.74, 6) is 1.24. The highest BCUT2D eigenvalue weighted by Gasteiger charge is 2.27. The smallest absolute Gasteiger partial charge is 0.231 e. The van der Waals surface area contributed by atoms with Crippen molar-refractivity contribution >= 4 is 35.3 Å². The molecule has 1 heterocycles. The predicted octanol–water partition coefficient (Wildman–Crippen LogP) is 3.07. The lowest BCUT2D eigenvalue weighted by Gasteiger charge is -2.21. The van der Waals surface area contributed by atoms with Crippen molar-refractivity contribution in [3.05, 3.63) is 5.28 Å². The van der Waals surface area contributed by atoms with Gasteiger partial charge in [-0.2, -0.15) is 26.7 Å². The molecule has 0 radical (unpaired) electrons. The van der Waals surface area contributed by atoms with E-state index in [9.17, 15) is 0 Å². The van der Waals surface area contributed by atoms with Crippen LogP contribution in [0.1, 0.15) is 33.1 Å². The molecule has 0 saturated heterocycles. The Bertz CT molecular complexity index is 441. The van der Waals surface area contributed by atoms with E-state index in [0.717, 1.165) is 19.5 Å². The molecule has 1 aliphatic carbocycles. The molecule has 0 bridgehead atoms. The van der Waals surface area contributed by atoms with Gasteiger partial charge in [0, 0.05) is 24.4 Å².